The molecule has 1 aliphatic carbocycles. The molecule has 1 heterocycles. The molecule has 1 aliphatic rings. The Kier molecular flexibility index (Phi) is 4.99. The first kappa shape index (κ1) is 15.3. The molecule has 0 saturated heterocycles. The number of anilines is 1. The minimum atomic E-state index is -3.54. The Morgan fingerprint density at radius 3 is 2.50 bits per heavy atom. The van der Waals surface area contributed by atoms with Gasteiger partial charge in [-0.2, -0.15) is 4.31 Å². The van der Waals surface area contributed by atoms with E-state index in [9.17, 15) is 8.42 Å². The average Bonchev–Trinajstić information content (AvgIpc) is 2.75. The topological polar surface area (TPSA) is 62.3 Å². The van der Waals surface area contributed by atoms with E-state index < -0.39 is 10.0 Å². The van der Waals surface area contributed by atoms with Crippen LogP contribution in [-0.2, 0) is 10.0 Å². The quantitative estimate of drug-likeness (QED) is 0.867. The van der Waals surface area contributed by atoms with Crippen LogP contribution in [0.2, 0.25) is 0 Å². The molecule has 0 aromatic carbocycles. The lowest BCUT2D eigenvalue weighted by atomic mass is 10.1. The van der Waals surface area contributed by atoms with E-state index in [1.165, 1.54) is 23.3 Å². The van der Waals surface area contributed by atoms with Gasteiger partial charge >= 0.3 is 0 Å². The molecule has 5 nitrogen and oxygen atoms in total. The Labute approximate surface area is 121 Å². The number of hydrogen-bond donors (Lipinski definition) is 1. The summed E-state index contributed by atoms with van der Waals surface area (Å²) in [5.41, 5.74) is 0.549. The summed E-state index contributed by atoms with van der Waals surface area (Å²) >= 11 is 0. The molecular formula is C14H23N3O2S. The van der Waals surface area contributed by atoms with Crippen molar-refractivity contribution < 1.29 is 8.42 Å². The van der Waals surface area contributed by atoms with Crippen molar-refractivity contribution in [1.82, 2.24) is 9.29 Å². The molecular weight excluding hydrogens is 274 g/mol. The summed E-state index contributed by atoms with van der Waals surface area (Å²) in [5.74, 6) is 0. The second-order valence-corrected chi connectivity index (χ2v) is 7.19. The molecule has 2 rings (SSSR count). The van der Waals surface area contributed by atoms with Crippen molar-refractivity contribution in [1.29, 1.82) is 0 Å². The molecule has 0 aliphatic heterocycles. The van der Waals surface area contributed by atoms with Gasteiger partial charge in [0.05, 0.1) is 5.69 Å². The SMILES string of the molecule is CNc1cccnc1S(=O)(=O)N(C)C1CCCCCC1. The summed E-state index contributed by atoms with van der Waals surface area (Å²) in [6, 6.07) is 3.56. The van der Waals surface area contributed by atoms with Gasteiger partial charge in [-0.15, -0.1) is 0 Å². The van der Waals surface area contributed by atoms with Gasteiger partial charge in [0.25, 0.3) is 10.0 Å². The lowest BCUT2D eigenvalue weighted by molar-refractivity contribution is 0.335. The molecule has 0 atom stereocenters. The molecule has 1 saturated carbocycles. The molecule has 1 aromatic rings. The lowest BCUT2D eigenvalue weighted by Gasteiger charge is -2.26. The van der Waals surface area contributed by atoms with Crippen molar-refractivity contribution in [3.05, 3.63) is 18.3 Å². The van der Waals surface area contributed by atoms with Crippen LogP contribution in [0.3, 0.4) is 0 Å². The monoisotopic (exact) mass is 297 g/mol. The number of pyridine rings is 1. The molecule has 112 valence electrons. The zero-order chi connectivity index (χ0) is 14.6. The third-order valence-electron chi connectivity index (χ3n) is 4.00. The van der Waals surface area contributed by atoms with E-state index >= 15 is 0 Å². The number of nitrogens with one attached hydrogen (secondary N) is 1. The molecule has 0 bridgehead atoms. The van der Waals surface area contributed by atoms with Crippen LogP contribution in [0, 0.1) is 0 Å². The fraction of sp³-hybridized carbons (Fsp3) is 0.643. The smallest absolute Gasteiger partial charge is 0.262 e. The standard InChI is InChI=1S/C14H23N3O2S/c1-15-13-10-7-11-16-14(13)20(18,19)17(2)12-8-5-3-4-6-9-12/h7,10-12,15H,3-6,8-9H2,1-2H3. The van der Waals surface area contributed by atoms with Gasteiger partial charge < -0.3 is 5.32 Å². The lowest BCUT2D eigenvalue weighted by Crippen LogP contribution is -2.37. The van der Waals surface area contributed by atoms with Crippen LogP contribution in [0.25, 0.3) is 0 Å². The number of rotatable bonds is 4. The van der Waals surface area contributed by atoms with Crippen LogP contribution < -0.4 is 5.32 Å². The molecule has 0 unspecified atom stereocenters. The van der Waals surface area contributed by atoms with Crippen molar-refractivity contribution in [2.24, 2.45) is 0 Å². The highest BCUT2D eigenvalue weighted by molar-refractivity contribution is 7.89. The molecule has 1 aromatic heterocycles. The summed E-state index contributed by atoms with van der Waals surface area (Å²) in [6.07, 6.45) is 8.02. The third kappa shape index (κ3) is 3.12. The summed E-state index contributed by atoms with van der Waals surface area (Å²) < 4.78 is 27.0. The molecule has 20 heavy (non-hydrogen) atoms. The van der Waals surface area contributed by atoms with E-state index in [0.29, 0.717) is 5.69 Å². The molecule has 6 heteroatoms. The molecule has 0 amide bonds. The van der Waals surface area contributed by atoms with E-state index in [2.05, 4.69) is 10.3 Å². The normalized spacial score (nSPS) is 17.9. The van der Waals surface area contributed by atoms with Crippen LogP contribution >= 0.6 is 0 Å². The van der Waals surface area contributed by atoms with Gasteiger partial charge in [0.2, 0.25) is 0 Å². The highest BCUT2D eigenvalue weighted by atomic mass is 32.2. The third-order valence-corrected chi connectivity index (χ3v) is 5.87. The van der Waals surface area contributed by atoms with Crippen LogP contribution in [-0.4, -0.2) is 37.8 Å². The zero-order valence-corrected chi connectivity index (χ0v) is 13.0. The Morgan fingerprint density at radius 2 is 1.90 bits per heavy atom. The van der Waals surface area contributed by atoms with Gasteiger partial charge in [-0.05, 0) is 25.0 Å². The maximum absolute atomic E-state index is 12.7. The molecule has 0 spiro atoms. The number of hydrogen-bond acceptors (Lipinski definition) is 4. The van der Waals surface area contributed by atoms with E-state index in [1.54, 1.807) is 26.2 Å². The molecule has 1 fully saturated rings. The Morgan fingerprint density at radius 1 is 1.25 bits per heavy atom. The van der Waals surface area contributed by atoms with E-state index in [-0.39, 0.29) is 11.1 Å². The largest absolute Gasteiger partial charge is 0.386 e. The second kappa shape index (κ2) is 6.54. The number of nitrogens with zero attached hydrogens (tertiary/aromatic N) is 2. The maximum atomic E-state index is 12.7. The Balaban J connectivity index is 2.28. The van der Waals surface area contributed by atoms with Crippen molar-refractivity contribution in [3.63, 3.8) is 0 Å². The minimum Gasteiger partial charge on any atom is -0.386 e. The average molecular weight is 297 g/mol. The predicted octanol–water partition coefficient (Wildman–Crippen LogP) is 2.47. The van der Waals surface area contributed by atoms with Crippen molar-refractivity contribution in [2.75, 3.05) is 19.4 Å². The van der Waals surface area contributed by atoms with Crippen molar-refractivity contribution >= 4 is 15.7 Å². The van der Waals surface area contributed by atoms with Gasteiger partial charge in [0.1, 0.15) is 0 Å². The fourth-order valence-electron chi connectivity index (χ4n) is 2.74. The van der Waals surface area contributed by atoms with Gasteiger partial charge in [0, 0.05) is 26.3 Å². The fourth-order valence-corrected chi connectivity index (χ4v) is 4.26. The summed E-state index contributed by atoms with van der Waals surface area (Å²) in [4.78, 5) is 4.07. The maximum Gasteiger partial charge on any atom is 0.262 e. The molecule has 0 radical (unpaired) electrons. The first-order valence-electron chi connectivity index (χ1n) is 7.18. The van der Waals surface area contributed by atoms with Crippen molar-refractivity contribution in [2.45, 2.75) is 49.6 Å². The highest BCUT2D eigenvalue weighted by Crippen LogP contribution is 2.27. The molecule has 1 N–H and O–H groups in total. The zero-order valence-electron chi connectivity index (χ0n) is 12.2. The first-order valence-corrected chi connectivity index (χ1v) is 8.62. The van der Waals surface area contributed by atoms with E-state index in [0.717, 1.165) is 25.7 Å². The predicted molar refractivity (Wildman–Crippen MR) is 80.2 cm³/mol. The van der Waals surface area contributed by atoms with Gasteiger partial charge in [-0.1, -0.05) is 25.7 Å². The van der Waals surface area contributed by atoms with E-state index in [4.69, 9.17) is 0 Å². The highest BCUT2D eigenvalue weighted by Gasteiger charge is 2.31. The van der Waals surface area contributed by atoms with E-state index in [1.807, 2.05) is 0 Å². The van der Waals surface area contributed by atoms with Crippen LogP contribution in [0.5, 0.6) is 0 Å². The van der Waals surface area contributed by atoms with Gasteiger partial charge in [-0.3, -0.25) is 0 Å². The summed E-state index contributed by atoms with van der Waals surface area (Å²) in [7, 11) is -0.148. The minimum absolute atomic E-state index is 0.0919. The summed E-state index contributed by atoms with van der Waals surface area (Å²) in [5, 5.41) is 3.02. The number of aromatic nitrogens is 1. The Bertz CT molecular complexity index is 537. The van der Waals surface area contributed by atoms with Gasteiger partial charge in [-0.25, -0.2) is 13.4 Å². The first-order chi connectivity index (χ1) is 9.57. The van der Waals surface area contributed by atoms with Gasteiger partial charge in [0.15, 0.2) is 5.03 Å². The van der Waals surface area contributed by atoms with Crippen LogP contribution in [0.1, 0.15) is 38.5 Å². The summed E-state index contributed by atoms with van der Waals surface area (Å²) in [6.45, 7) is 0. The Hall–Kier alpha value is -1.14. The number of sulfonamides is 1. The second-order valence-electron chi connectivity index (χ2n) is 5.27. The van der Waals surface area contributed by atoms with Crippen LogP contribution in [0.4, 0.5) is 5.69 Å². The van der Waals surface area contributed by atoms with Crippen LogP contribution in [0.15, 0.2) is 23.4 Å². The van der Waals surface area contributed by atoms with Crippen molar-refractivity contribution in [3.8, 4) is 0 Å².